The Bertz CT molecular complexity index is 633. The Morgan fingerprint density at radius 1 is 1.04 bits per heavy atom. The van der Waals surface area contributed by atoms with Crippen molar-refractivity contribution in [1.82, 2.24) is 0 Å². The summed E-state index contributed by atoms with van der Waals surface area (Å²) in [6, 6.07) is 12.3. The Morgan fingerprint density at radius 3 is 2.35 bits per heavy atom. The van der Waals surface area contributed by atoms with Crippen molar-refractivity contribution in [3.8, 4) is 5.75 Å². The standard InChI is InChI=1S/C19H24FNO2/c1-19(2,3)13-23-12-14-5-10-17(20)18(11-14)21-15-6-8-16(22-4)9-7-15/h5-11,21H,12-13H2,1-4H3. The molecule has 2 aromatic carbocycles. The molecule has 0 radical (unpaired) electrons. The first kappa shape index (κ1) is 17.3. The topological polar surface area (TPSA) is 30.5 Å². The molecule has 0 aliphatic carbocycles. The molecule has 1 N–H and O–H groups in total. The molecular formula is C19H24FNO2. The predicted molar refractivity (Wildman–Crippen MR) is 91.8 cm³/mol. The summed E-state index contributed by atoms with van der Waals surface area (Å²) in [7, 11) is 1.61. The largest absolute Gasteiger partial charge is 0.497 e. The van der Waals surface area contributed by atoms with E-state index < -0.39 is 0 Å². The molecule has 4 heteroatoms. The van der Waals surface area contributed by atoms with Crippen LogP contribution in [0.2, 0.25) is 0 Å². The van der Waals surface area contributed by atoms with E-state index in [1.165, 1.54) is 6.07 Å². The maximum atomic E-state index is 14.0. The lowest BCUT2D eigenvalue weighted by molar-refractivity contribution is 0.0599. The second-order valence-electron chi connectivity index (χ2n) is 6.72. The summed E-state index contributed by atoms with van der Waals surface area (Å²) in [5, 5.41) is 3.08. The summed E-state index contributed by atoms with van der Waals surface area (Å²) < 4.78 is 24.8. The second kappa shape index (κ2) is 7.47. The van der Waals surface area contributed by atoms with E-state index in [0.717, 1.165) is 17.0 Å². The van der Waals surface area contributed by atoms with E-state index in [1.807, 2.05) is 24.3 Å². The van der Waals surface area contributed by atoms with Gasteiger partial charge < -0.3 is 14.8 Å². The van der Waals surface area contributed by atoms with Crippen LogP contribution in [0.5, 0.6) is 5.75 Å². The molecule has 23 heavy (non-hydrogen) atoms. The summed E-state index contributed by atoms with van der Waals surface area (Å²) in [5.41, 5.74) is 2.29. The quantitative estimate of drug-likeness (QED) is 0.800. The molecule has 0 fully saturated rings. The van der Waals surface area contributed by atoms with E-state index in [2.05, 4.69) is 26.1 Å². The highest BCUT2D eigenvalue weighted by molar-refractivity contribution is 5.61. The summed E-state index contributed by atoms with van der Waals surface area (Å²) in [6.07, 6.45) is 0. The van der Waals surface area contributed by atoms with Gasteiger partial charge in [-0.2, -0.15) is 0 Å². The van der Waals surface area contributed by atoms with Crippen LogP contribution in [-0.4, -0.2) is 13.7 Å². The van der Waals surface area contributed by atoms with Crippen molar-refractivity contribution < 1.29 is 13.9 Å². The van der Waals surface area contributed by atoms with Crippen molar-refractivity contribution in [2.45, 2.75) is 27.4 Å². The van der Waals surface area contributed by atoms with Crippen molar-refractivity contribution >= 4 is 11.4 Å². The molecule has 124 valence electrons. The van der Waals surface area contributed by atoms with Crippen molar-refractivity contribution in [3.05, 3.63) is 53.8 Å². The molecular weight excluding hydrogens is 293 g/mol. The third-order valence-corrected chi connectivity index (χ3v) is 3.20. The number of benzene rings is 2. The maximum absolute atomic E-state index is 14.0. The highest BCUT2D eigenvalue weighted by atomic mass is 19.1. The van der Waals surface area contributed by atoms with Crippen LogP contribution in [-0.2, 0) is 11.3 Å². The SMILES string of the molecule is COc1ccc(Nc2cc(COCC(C)(C)C)ccc2F)cc1. The Kier molecular flexibility index (Phi) is 5.61. The molecule has 0 heterocycles. The highest BCUT2D eigenvalue weighted by Gasteiger charge is 2.10. The van der Waals surface area contributed by atoms with E-state index in [-0.39, 0.29) is 11.2 Å². The van der Waals surface area contributed by atoms with Crippen LogP contribution in [0.15, 0.2) is 42.5 Å². The van der Waals surface area contributed by atoms with Gasteiger partial charge in [0.1, 0.15) is 11.6 Å². The van der Waals surface area contributed by atoms with Gasteiger partial charge in [0.05, 0.1) is 26.0 Å². The molecule has 0 atom stereocenters. The molecule has 3 nitrogen and oxygen atoms in total. The van der Waals surface area contributed by atoms with E-state index in [1.54, 1.807) is 19.2 Å². The first-order valence-corrected chi connectivity index (χ1v) is 7.65. The van der Waals surface area contributed by atoms with Crippen molar-refractivity contribution in [1.29, 1.82) is 0 Å². The monoisotopic (exact) mass is 317 g/mol. The average Bonchev–Trinajstić information content (AvgIpc) is 2.50. The number of anilines is 2. The van der Waals surface area contributed by atoms with Crippen LogP contribution < -0.4 is 10.1 Å². The molecule has 0 aliphatic rings. The van der Waals surface area contributed by atoms with Gasteiger partial charge >= 0.3 is 0 Å². The predicted octanol–water partition coefficient (Wildman–Crippen LogP) is 5.14. The molecule has 0 saturated heterocycles. The Balaban J connectivity index is 2.04. The lowest BCUT2D eigenvalue weighted by Crippen LogP contribution is -2.14. The summed E-state index contributed by atoms with van der Waals surface area (Å²) in [4.78, 5) is 0. The fourth-order valence-electron chi connectivity index (χ4n) is 2.06. The van der Waals surface area contributed by atoms with Crippen LogP contribution in [0.1, 0.15) is 26.3 Å². The maximum Gasteiger partial charge on any atom is 0.146 e. The Labute approximate surface area is 137 Å². The second-order valence-corrected chi connectivity index (χ2v) is 6.72. The van der Waals surface area contributed by atoms with E-state index in [9.17, 15) is 4.39 Å². The van der Waals surface area contributed by atoms with Crippen molar-refractivity contribution in [2.75, 3.05) is 19.0 Å². The van der Waals surface area contributed by atoms with Gasteiger partial charge in [-0.3, -0.25) is 0 Å². The van der Waals surface area contributed by atoms with Gasteiger partial charge in [-0.25, -0.2) is 4.39 Å². The lowest BCUT2D eigenvalue weighted by Gasteiger charge is -2.18. The zero-order valence-electron chi connectivity index (χ0n) is 14.2. The van der Waals surface area contributed by atoms with Gasteiger partial charge in [-0.1, -0.05) is 26.8 Å². The van der Waals surface area contributed by atoms with E-state index in [4.69, 9.17) is 9.47 Å². The number of ether oxygens (including phenoxy) is 2. The minimum atomic E-state index is -0.291. The molecule has 0 aliphatic heterocycles. The van der Waals surface area contributed by atoms with Crippen LogP contribution in [0, 0.1) is 11.2 Å². The van der Waals surface area contributed by atoms with E-state index >= 15 is 0 Å². The zero-order valence-corrected chi connectivity index (χ0v) is 14.2. The van der Waals surface area contributed by atoms with Crippen LogP contribution in [0.4, 0.5) is 15.8 Å². The van der Waals surface area contributed by atoms with Gasteiger partial charge in [0, 0.05) is 5.69 Å². The third kappa shape index (κ3) is 5.57. The molecule has 0 aromatic heterocycles. The smallest absolute Gasteiger partial charge is 0.146 e. The van der Waals surface area contributed by atoms with Crippen LogP contribution in [0.25, 0.3) is 0 Å². The summed E-state index contributed by atoms with van der Waals surface area (Å²) in [6.45, 7) is 7.48. The van der Waals surface area contributed by atoms with E-state index in [0.29, 0.717) is 18.9 Å². The minimum Gasteiger partial charge on any atom is -0.497 e. The summed E-state index contributed by atoms with van der Waals surface area (Å²) >= 11 is 0. The molecule has 2 aromatic rings. The van der Waals surface area contributed by atoms with Crippen molar-refractivity contribution in [2.24, 2.45) is 5.41 Å². The fraction of sp³-hybridized carbons (Fsp3) is 0.368. The number of halogens is 1. The average molecular weight is 317 g/mol. The van der Waals surface area contributed by atoms with Gasteiger partial charge in [0.25, 0.3) is 0 Å². The zero-order chi connectivity index (χ0) is 16.9. The van der Waals surface area contributed by atoms with Crippen LogP contribution >= 0.6 is 0 Å². The van der Waals surface area contributed by atoms with Gasteiger partial charge in [0.2, 0.25) is 0 Å². The number of hydrogen-bond acceptors (Lipinski definition) is 3. The molecule has 0 spiro atoms. The van der Waals surface area contributed by atoms with Gasteiger partial charge in [-0.05, 0) is 47.4 Å². The van der Waals surface area contributed by atoms with Gasteiger partial charge in [-0.15, -0.1) is 0 Å². The number of methoxy groups -OCH3 is 1. The Hall–Kier alpha value is -2.07. The molecule has 2 rings (SSSR count). The highest BCUT2D eigenvalue weighted by Crippen LogP contribution is 2.24. The fourth-order valence-corrected chi connectivity index (χ4v) is 2.06. The molecule has 0 saturated carbocycles. The number of rotatable bonds is 6. The van der Waals surface area contributed by atoms with Gasteiger partial charge in [0.15, 0.2) is 0 Å². The lowest BCUT2D eigenvalue weighted by atomic mass is 9.99. The van der Waals surface area contributed by atoms with Crippen molar-refractivity contribution in [3.63, 3.8) is 0 Å². The molecule has 0 amide bonds. The normalized spacial score (nSPS) is 11.3. The summed E-state index contributed by atoms with van der Waals surface area (Å²) in [5.74, 6) is 0.473. The first-order chi connectivity index (χ1) is 10.9. The number of nitrogens with one attached hydrogen (secondary N) is 1. The molecule has 0 unspecified atom stereocenters. The molecule has 0 bridgehead atoms. The Morgan fingerprint density at radius 2 is 1.74 bits per heavy atom. The third-order valence-electron chi connectivity index (χ3n) is 3.20. The minimum absolute atomic E-state index is 0.115. The van der Waals surface area contributed by atoms with Crippen LogP contribution in [0.3, 0.4) is 0 Å². The number of hydrogen-bond donors (Lipinski definition) is 1. The first-order valence-electron chi connectivity index (χ1n) is 7.65.